The van der Waals surface area contributed by atoms with Gasteiger partial charge in [0.1, 0.15) is 22.8 Å². The summed E-state index contributed by atoms with van der Waals surface area (Å²) in [6.45, 7) is 6.15. The third kappa shape index (κ3) is 5.83. The molecule has 10 nitrogen and oxygen atoms in total. The molecule has 1 aliphatic heterocycles. The minimum absolute atomic E-state index is 0.206. The molecule has 1 atom stereocenters. The number of fused-ring (bicyclic) bond motifs is 4. The number of amides is 2. The molecule has 49 heavy (non-hydrogen) atoms. The fourth-order valence-electron chi connectivity index (χ4n) is 7.66. The molecule has 4 N–H and O–H groups in total. The lowest BCUT2D eigenvalue weighted by molar-refractivity contribution is 0.0366. The van der Waals surface area contributed by atoms with E-state index in [1.807, 2.05) is 26.8 Å². The van der Waals surface area contributed by atoms with Crippen LogP contribution in [-0.4, -0.2) is 54.3 Å². The van der Waals surface area contributed by atoms with Gasteiger partial charge in [-0.25, -0.2) is 19.6 Å². The lowest BCUT2D eigenvalue weighted by Crippen LogP contribution is -2.52. The minimum atomic E-state index is -0.882. The van der Waals surface area contributed by atoms with Gasteiger partial charge in [0.2, 0.25) is 0 Å². The Morgan fingerprint density at radius 2 is 1.61 bits per heavy atom. The van der Waals surface area contributed by atoms with E-state index >= 15 is 0 Å². The van der Waals surface area contributed by atoms with Crippen molar-refractivity contribution in [1.82, 2.24) is 30.2 Å². The standard InChI is InChI=1S/C39H42N6O4/c1-38(2,3)49-36(46)44-39(18-6-19-39)35-41-29-17-15-26(22-31(29)42-35)24-12-10-23(11-13-24)25-14-16-28-27(21-25)7-4-8-30-33(28)43-34(40-30)32-9-5-20-45(32)37(47)48/h10-17,21-22,32H,4-9,18-20H2,1-3H3,(H,40,43)(H,41,42)(H,44,46)(H,47,48). The van der Waals surface area contributed by atoms with E-state index in [9.17, 15) is 14.7 Å². The molecule has 3 aliphatic rings. The van der Waals surface area contributed by atoms with Crippen LogP contribution in [0.1, 0.15) is 88.2 Å². The van der Waals surface area contributed by atoms with Gasteiger partial charge in [0, 0.05) is 17.8 Å². The molecule has 2 aliphatic carbocycles. The van der Waals surface area contributed by atoms with Gasteiger partial charge in [-0.1, -0.05) is 48.5 Å². The number of aromatic nitrogens is 4. The lowest BCUT2D eigenvalue weighted by Gasteiger charge is -2.40. The van der Waals surface area contributed by atoms with E-state index in [0.717, 1.165) is 113 Å². The molecule has 2 fully saturated rings. The Bertz CT molecular complexity index is 2070. The van der Waals surface area contributed by atoms with E-state index in [1.165, 1.54) is 10.5 Å². The number of aryl methyl sites for hydroxylation is 2. The van der Waals surface area contributed by atoms with Crippen LogP contribution in [0.5, 0.6) is 0 Å². The van der Waals surface area contributed by atoms with Crippen molar-refractivity contribution in [3.05, 3.63) is 83.6 Å². The maximum Gasteiger partial charge on any atom is 0.408 e. The Labute approximate surface area is 285 Å². The van der Waals surface area contributed by atoms with Crippen molar-refractivity contribution in [1.29, 1.82) is 0 Å². The Balaban J connectivity index is 1.02. The van der Waals surface area contributed by atoms with Gasteiger partial charge in [-0.15, -0.1) is 0 Å². The summed E-state index contributed by atoms with van der Waals surface area (Å²) in [7, 11) is 0. The topological polar surface area (TPSA) is 136 Å². The molecule has 2 aromatic heterocycles. The zero-order valence-corrected chi connectivity index (χ0v) is 28.2. The van der Waals surface area contributed by atoms with Gasteiger partial charge in [0.05, 0.1) is 22.8 Å². The number of hydrogen-bond donors (Lipinski definition) is 4. The highest BCUT2D eigenvalue weighted by molar-refractivity contribution is 5.83. The molecule has 10 heteroatoms. The number of rotatable bonds is 5. The maximum absolute atomic E-state index is 12.6. The second-order valence-electron chi connectivity index (χ2n) is 14.8. The number of aromatic amines is 2. The molecule has 0 bridgehead atoms. The Morgan fingerprint density at radius 3 is 2.31 bits per heavy atom. The SMILES string of the molecule is CC(C)(C)OC(=O)NC1(c2nc3ccc(-c4ccc(-c5ccc6c(c5)CCCc5[nH]c(C7CCCN7C(=O)O)nc5-6)cc4)cc3[nH]2)CCC1. The molecule has 3 heterocycles. The maximum atomic E-state index is 12.6. The number of H-pyrrole nitrogens is 2. The van der Waals surface area contributed by atoms with E-state index < -0.39 is 23.3 Å². The third-order valence-electron chi connectivity index (χ3n) is 10.3. The molecule has 1 saturated heterocycles. The number of carbonyl (C=O) groups excluding carboxylic acids is 1. The molecule has 252 valence electrons. The van der Waals surface area contributed by atoms with Gasteiger partial charge in [-0.2, -0.15) is 0 Å². The number of hydrogen-bond acceptors (Lipinski definition) is 5. The predicted octanol–water partition coefficient (Wildman–Crippen LogP) is 8.49. The van der Waals surface area contributed by atoms with Gasteiger partial charge in [-0.3, -0.25) is 4.90 Å². The first kappa shape index (κ1) is 31.2. The van der Waals surface area contributed by atoms with Crippen LogP contribution in [0.3, 0.4) is 0 Å². The zero-order chi connectivity index (χ0) is 33.9. The first-order valence-electron chi connectivity index (χ1n) is 17.4. The Morgan fingerprint density at radius 1 is 0.898 bits per heavy atom. The van der Waals surface area contributed by atoms with Gasteiger partial charge in [0.15, 0.2) is 0 Å². The van der Waals surface area contributed by atoms with Crippen LogP contribution in [0.4, 0.5) is 9.59 Å². The number of alkyl carbamates (subject to hydrolysis) is 1. The largest absolute Gasteiger partial charge is 0.465 e. The monoisotopic (exact) mass is 658 g/mol. The quantitative estimate of drug-likeness (QED) is 0.150. The van der Waals surface area contributed by atoms with Crippen LogP contribution in [0.25, 0.3) is 44.5 Å². The molecule has 3 aromatic carbocycles. The Kier molecular flexibility index (Phi) is 7.50. The number of ether oxygens (including phenoxy) is 1. The van der Waals surface area contributed by atoms with Crippen LogP contribution >= 0.6 is 0 Å². The van der Waals surface area contributed by atoms with E-state index in [-0.39, 0.29) is 6.04 Å². The average molecular weight is 659 g/mol. The number of imidazole rings is 2. The fourth-order valence-corrected chi connectivity index (χ4v) is 7.66. The summed E-state index contributed by atoms with van der Waals surface area (Å²) < 4.78 is 5.54. The number of benzene rings is 3. The van der Waals surface area contributed by atoms with Gasteiger partial charge >= 0.3 is 12.2 Å². The molecule has 0 spiro atoms. The highest BCUT2D eigenvalue weighted by Gasteiger charge is 2.44. The molecule has 1 unspecified atom stereocenters. The molecule has 8 rings (SSSR count). The normalized spacial score (nSPS) is 18.3. The molecule has 1 saturated carbocycles. The molecule has 2 amide bonds. The fraction of sp³-hybridized carbons (Fsp3) is 0.385. The first-order valence-corrected chi connectivity index (χ1v) is 17.4. The van der Waals surface area contributed by atoms with Crippen molar-refractivity contribution in [2.45, 2.75) is 89.3 Å². The highest BCUT2D eigenvalue weighted by atomic mass is 16.6. The second-order valence-corrected chi connectivity index (χ2v) is 14.8. The van der Waals surface area contributed by atoms with E-state index in [1.54, 1.807) is 0 Å². The van der Waals surface area contributed by atoms with Gasteiger partial charge in [0.25, 0.3) is 0 Å². The van der Waals surface area contributed by atoms with E-state index in [0.29, 0.717) is 6.54 Å². The number of carbonyl (C=O) groups is 2. The molecule has 0 radical (unpaired) electrons. The third-order valence-corrected chi connectivity index (χ3v) is 10.3. The molecular formula is C39H42N6O4. The summed E-state index contributed by atoms with van der Waals surface area (Å²) in [6.07, 6.45) is 5.87. The van der Waals surface area contributed by atoms with Crippen molar-refractivity contribution >= 4 is 23.2 Å². The number of carboxylic acid groups (broad SMARTS) is 1. The summed E-state index contributed by atoms with van der Waals surface area (Å²) in [5.41, 5.74) is 9.67. The number of nitrogens with one attached hydrogen (secondary N) is 3. The average Bonchev–Trinajstić information content (AvgIpc) is 3.78. The first-order chi connectivity index (χ1) is 23.5. The number of likely N-dealkylation sites (tertiary alicyclic amines) is 1. The lowest BCUT2D eigenvalue weighted by atomic mass is 9.76. The van der Waals surface area contributed by atoms with Crippen molar-refractivity contribution in [3.8, 4) is 33.5 Å². The van der Waals surface area contributed by atoms with Crippen LogP contribution < -0.4 is 5.32 Å². The van der Waals surface area contributed by atoms with Crippen LogP contribution in [0.2, 0.25) is 0 Å². The van der Waals surface area contributed by atoms with Gasteiger partial charge in [-0.05, 0) is 112 Å². The minimum Gasteiger partial charge on any atom is -0.465 e. The van der Waals surface area contributed by atoms with Crippen LogP contribution in [0.15, 0.2) is 60.7 Å². The molecular weight excluding hydrogens is 616 g/mol. The van der Waals surface area contributed by atoms with E-state index in [2.05, 4.69) is 69.9 Å². The van der Waals surface area contributed by atoms with E-state index in [4.69, 9.17) is 14.7 Å². The van der Waals surface area contributed by atoms with Crippen molar-refractivity contribution in [2.24, 2.45) is 0 Å². The van der Waals surface area contributed by atoms with Crippen LogP contribution in [-0.2, 0) is 23.1 Å². The van der Waals surface area contributed by atoms with Crippen molar-refractivity contribution < 1.29 is 19.4 Å². The summed E-state index contributed by atoms with van der Waals surface area (Å²) in [6, 6.07) is 21.3. The highest BCUT2D eigenvalue weighted by Crippen LogP contribution is 2.42. The van der Waals surface area contributed by atoms with Crippen LogP contribution in [0, 0.1) is 0 Å². The summed E-state index contributed by atoms with van der Waals surface area (Å²) in [5, 5.41) is 12.8. The molecule has 5 aromatic rings. The van der Waals surface area contributed by atoms with Crippen molar-refractivity contribution in [2.75, 3.05) is 6.54 Å². The Hall–Kier alpha value is -5.12. The van der Waals surface area contributed by atoms with Gasteiger partial charge < -0.3 is 25.1 Å². The zero-order valence-electron chi connectivity index (χ0n) is 28.2. The summed E-state index contributed by atoms with van der Waals surface area (Å²) in [4.78, 5) is 42.8. The number of nitrogens with zero attached hydrogens (tertiary/aromatic N) is 3. The summed E-state index contributed by atoms with van der Waals surface area (Å²) in [5.74, 6) is 1.54. The second kappa shape index (κ2) is 11.8. The predicted molar refractivity (Wildman–Crippen MR) is 188 cm³/mol. The summed E-state index contributed by atoms with van der Waals surface area (Å²) >= 11 is 0. The smallest absolute Gasteiger partial charge is 0.408 e. The van der Waals surface area contributed by atoms with Crippen molar-refractivity contribution in [3.63, 3.8) is 0 Å².